The molecule has 0 saturated heterocycles. The molecule has 1 aromatic carbocycles. The molecule has 0 unspecified atom stereocenters. The molecule has 6 heteroatoms. The van der Waals surface area contributed by atoms with Gasteiger partial charge in [-0.2, -0.15) is 0 Å². The van der Waals surface area contributed by atoms with Crippen molar-refractivity contribution >= 4 is 40.3 Å². The van der Waals surface area contributed by atoms with Crippen molar-refractivity contribution in [3.05, 3.63) is 44.4 Å². The van der Waals surface area contributed by atoms with Crippen LogP contribution in [0.3, 0.4) is 0 Å². The molecule has 2 heterocycles. The van der Waals surface area contributed by atoms with Gasteiger partial charge >= 0.3 is 0 Å². The maximum atomic E-state index is 12.2. The molecule has 4 nitrogen and oxygen atoms in total. The highest BCUT2D eigenvalue weighted by atomic mass is 35.5. The lowest BCUT2D eigenvalue weighted by atomic mass is 10.0. The number of amides is 1. The molecule has 0 saturated carbocycles. The van der Waals surface area contributed by atoms with Crippen LogP contribution in [0.5, 0.6) is 0 Å². The van der Waals surface area contributed by atoms with Crippen molar-refractivity contribution in [1.29, 1.82) is 0 Å². The first-order valence-corrected chi connectivity index (χ1v) is 7.25. The van der Waals surface area contributed by atoms with Crippen molar-refractivity contribution in [2.75, 3.05) is 4.90 Å². The van der Waals surface area contributed by atoms with Gasteiger partial charge in [-0.15, -0.1) is 11.3 Å². The fourth-order valence-electron chi connectivity index (χ4n) is 2.33. The van der Waals surface area contributed by atoms with Crippen LogP contribution in [-0.4, -0.2) is 16.7 Å². The molecule has 0 radical (unpaired) electrons. The smallest absolute Gasteiger partial charge is 0.299 e. The molecule has 0 fully saturated rings. The number of fused-ring (bicyclic) bond motifs is 1. The van der Waals surface area contributed by atoms with Gasteiger partial charge in [0.1, 0.15) is 0 Å². The molecule has 0 N–H and O–H groups in total. The summed E-state index contributed by atoms with van der Waals surface area (Å²) in [5.41, 5.74) is 3.20. The fourth-order valence-corrected chi connectivity index (χ4v) is 3.30. The first-order valence-electron chi connectivity index (χ1n) is 6.05. The lowest BCUT2D eigenvalue weighted by Crippen LogP contribution is -2.29. The number of hydrogen-bond donors (Lipinski definition) is 0. The summed E-state index contributed by atoms with van der Waals surface area (Å²) >= 11 is 7.12. The standard InChI is InChI=1S/C14H11ClN2O2S/c1-7-3-4-10-11(8(7)2)17(13(19)12(10)18)6-9-5-16-14(15)20-9/h3-5H,6H2,1-2H3. The van der Waals surface area contributed by atoms with E-state index >= 15 is 0 Å². The van der Waals surface area contributed by atoms with Gasteiger partial charge in [-0.05, 0) is 31.0 Å². The van der Waals surface area contributed by atoms with E-state index in [1.54, 1.807) is 12.3 Å². The number of anilines is 1. The summed E-state index contributed by atoms with van der Waals surface area (Å²) in [4.78, 5) is 30.5. The highest BCUT2D eigenvalue weighted by molar-refractivity contribution is 7.15. The van der Waals surface area contributed by atoms with E-state index in [1.165, 1.54) is 16.2 Å². The number of aryl methyl sites for hydroxylation is 1. The van der Waals surface area contributed by atoms with E-state index in [4.69, 9.17) is 11.6 Å². The van der Waals surface area contributed by atoms with Gasteiger partial charge in [0.2, 0.25) is 0 Å². The molecular formula is C14H11ClN2O2S. The van der Waals surface area contributed by atoms with Crippen molar-refractivity contribution < 1.29 is 9.59 Å². The SMILES string of the molecule is Cc1ccc2c(c1C)N(Cc1cnc(Cl)s1)C(=O)C2=O. The van der Waals surface area contributed by atoms with E-state index in [0.717, 1.165) is 16.0 Å². The maximum absolute atomic E-state index is 12.2. The summed E-state index contributed by atoms with van der Waals surface area (Å²) in [6.07, 6.45) is 1.63. The van der Waals surface area contributed by atoms with Crippen LogP contribution in [0.1, 0.15) is 26.4 Å². The summed E-state index contributed by atoms with van der Waals surface area (Å²) in [7, 11) is 0. The Balaban J connectivity index is 2.07. The molecule has 0 atom stereocenters. The largest absolute Gasteiger partial charge is 0.299 e. The second-order valence-electron chi connectivity index (χ2n) is 4.70. The van der Waals surface area contributed by atoms with Crippen molar-refractivity contribution in [3.8, 4) is 0 Å². The summed E-state index contributed by atoms with van der Waals surface area (Å²) < 4.78 is 0.430. The Morgan fingerprint density at radius 3 is 2.70 bits per heavy atom. The number of thiazole rings is 1. The Kier molecular flexibility index (Phi) is 3.11. The number of ketones is 1. The molecule has 2 aromatic rings. The van der Waals surface area contributed by atoms with Gasteiger partial charge in [0, 0.05) is 11.1 Å². The van der Waals surface area contributed by atoms with E-state index in [2.05, 4.69) is 4.98 Å². The molecule has 1 aliphatic rings. The summed E-state index contributed by atoms with van der Waals surface area (Å²) in [6, 6.07) is 3.59. The van der Waals surface area contributed by atoms with E-state index in [1.807, 2.05) is 19.9 Å². The second-order valence-corrected chi connectivity index (χ2v) is 6.40. The van der Waals surface area contributed by atoms with Gasteiger partial charge in [-0.1, -0.05) is 17.7 Å². The fraction of sp³-hybridized carbons (Fsp3) is 0.214. The second kappa shape index (κ2) is 4.68. The van der Waals surface area contributed by atoms with Gasteiger partial charge in [-0.3, -0.25) is 14.5 Å². The van der Waals surface area contributed by atoms with Crippen molar-refractivity contribution in [2.24, 2.45) is 0 Å². The van der Waals surface area contributed by atoms with E-state index in [0.29, 0.717) is 22.3 Å². The summed E-state index contributed by atoms with van der Waals surface area (Å²) in [5.74, 6) is -0.933. The highest BCUT2D eigenvalue weighted by Crippen LogP contribution is 2.35. The predicted octanol–water partition coefficient (Wildman–Crippen LogP) is 3.14. The molecule has 0 aliphatic carbocycles. The molecule has 1 amide bonds. The minimum Gasteiger partial charge on any atom is -0.299 e. The zero-order valence-electron chi connectivity index (χ0n) is 10.9. The number of rotatable bonds is 2. The zero-order valence-corrected chi connectivity index (χ0v) is 12.5. The molecule has 0 spiro atoms. The first kappa shape index (κ1) is 13.3. The van der Waals surface area contributed by atoms with Gasteiger partial charge in [-0.25, -0.2) is 4.98 Å². The van der Waals surface area contributed by atoms with Crippen LogP contribution < -0.4 is 4.90 Å². The summed E-state index contributed by atoms with van der Waals surface area (Å²) in [5, 5.41) is 0. The molecular weight excluding hydrogens is 296 g/mol. The lowest BCUT2D eigenvalue weighted by molar-refractivity contribution is -0.114. The quantitative estimate of drug-likeness (QED) is 0.801. The maximum Gasteiger partial charge on any atom is 0.299 e. The van der Waals surface area contributed by atoms with E-state index < -0.39 is 11.7 Å². The molecule has 20 heavy (non-hydrogen) atoms. The van der Waals surface area contributed by atoms with Crippen LogP contribution in [0.15, 0.2) is 18.3 Å². The lowest BCUT2D eigenvalue weighted by Gasteiger charge is -2.18. The number of nitrogens with zero attached hydrogens (tertiary/aromatic N) is 2. The van der Waals surface area contributed by atoms with E-state index in [-0.39, 0.29) is 0 Å². The Bertz CT molecular complexity index is 739. The number of carbonyl (C=O) groups excluding carboxylic acids is 2. The average Bonchev–Trinajstić information content (AvgIpc) is 2.92. The van der Waals surface area contributed by atoms with Gasteiger partial charge < -0.3 is 0 Å². The van der Waals surface area contributed by atoms with E-state index in [9.17, 15) is 9.59 Å². The molecule has 102 valence electrons. The van der Waals surface area contributed by atoms with Crippen LogP contribution in [0.25, 0.3) is 0 Å². The molecule has 0 bridgehead atoms. The number of halogens is 1. The third kappa shape index (κ3) is 1.94. The first-order chi connectivity index (χ1) is 9.49. The molecule has 1 aliphatic heterocycles. The van der Waals surface area contributed by atoms with Gasteiger partial charge in [0.25, 0.3) is 11.7 Å². The highest BCUT2D eigenvalue weighted by Gasteiger charge is 2.37. The van der Waals surface area contributed by atoms with Crippen molar-refractivity contribution in [2.45, 2.75) is 20.4 Å². The third-order valence-corrected chi connectivity index (χ3v) is 4.59. The van der Waals surface area contributed by atoms with Gasteiger partial charge in [0.05, 0.1) is 17.8 Å². The third-order valence-electron chi connectivity index (χ3n) is 3.50. The monoisotopic (exact) mass is 306 g/mol. The number of aromatic nitrogens is 1. The zero-order chi connectivity index (χ0) is 14.4. The Morgan fingerprint density at radius 1 is 1.30 bits per heavy atom. The van der Waals surface area contributed by atoms with Crippen LogP contribution in [-0.2, 0) is 11.3 Å². The summed E-state index contributed by atoms with van der Waals surface area (Å²) in [6.45, 7) is 4.21. The van der Waals surface area contributed by atoms with Crippen LogP contribution in [0.2, 0.25) is 4.47 Å². The van der Waals surface area contributed by atoms with Crippen LogP contribution >= 0.6 is 22.9 Å². The van der Waals surface area contributed by atoms with Crippen LogP contribution in [0, 0.1) is 13.8 Å². The minimum absolute atomic E-state index is 0.326. The topological polar surface area (TPSA) is 50.3 Å². The normalized spacial score (nSPS) is 14.1. The molecule has 1 aromatic heterocycles. The number of hydrogen-bond acceptors (Lipinski definition) is 4. The predicted molar refractivity (Wildman–Crippen MR) is 78.6 cm³/mol. The van der Waals surface area contributed by atoms with Crippen molar-refractivity contribution in [3.63, 3.8) is 0 Å². The van der Waals surface area contributed by atoms with Crippen molar-refractivity contribution in [1.82, 2.24) is 4.98 Å². The average molecular weight is 307 g/mol. The Labute approximate surface area is 125 Å². The number of carbonyl (C=O) groups is 2. The number of benzene rings is 1. The minimum atomic E-state index is -0.488. The molecule has 3 rings (SSSR count). The Morgan fingerprint density at radius 2 is 2.05 bits per heavy atom. The van der Waals surface area contributed by atoms with Gasteiger partial charge in [0.15, 0.2) is 4.47 Å². The van der Waals surface area contributed by atoms with Crippen LogP contribution in [0.4, 0.5) is 5.69 Å². The number of Topliss-reactive ketones (excluding diaryl/α,β-unsaturated/α-hetero) is 1. The Hall–Kier alpha value is -1.72.